The van der Waals surface area contributed by atoms with Crippen molar-refractivity contribution in [2.75, 3.05) is 13.6 Å². The molecule has 2 aromatic carbocycles. The Morgan fingerprint density at radius 3 is 2.33 bits per heavy atom. The van der Waals surface area contributed by atoms with Crippen LogP contribution in [0.5, 0.6) is 0 Å². The summed E-state index contributed by atoms with van der Waals surface area (Å²) in [5.41, 5.74) is 0.844. The summed E-state index contributed by atoms with van der Waals surface area (Å²) in [6, 6.07) is 10.2. The first-order valence-electron chi connectivity index (χ1n) is 7.57. The number of sulfonamides is 1. The van der Waals surface area contributed by atoms with Gasteiger partial charge in [-0.15, -0.1) is 0 Å². The Morgan fingerprint density at radius 1 is 1.11 bits per heavy atom. The number of rotatable bonds is 7. The number of ketones is 1. The summed E-state index contributed by atoms with van der Waals surface area (Å²) in [6.07, 6.45) is 2.82. The number of carboxylic acid groups (broad SMARTS) is 1. The van der Waals surface area contributed by atoms with E-state index in [4.69, 9.17) is 28.3 Å². The lowest BCUT2D eigenvalue weighted by molar-refractivity contribution is -0.137. The van der Waals surface area contributed by atoms with Gasteiger partial charge in [-0.05, 0) is 48.0 Å². The lowest BCUT2D eigenvalue weighted by Gasteiger charge is -2.14. The highest BCUT2D eigenvalue weighted by Gasteiger charge is 2.22. The van der Waals surface area contributed by atoms with Crippen LogP contribution in [-0.2, 0) is 14.8 Å². The third-order valence-electron chi connectivity index (χ3n) is 3.60. The lowest BCUT2D eigenvalue weighted by Crippen LogP contribution is -2.32. The first-order valence-corrected chi connectivity index (χ1v) is 9.77. The molecule has 2 rings (SSSR count). The van der Waals surface area contributed by atoms with Gasteiger partial charge in [0.1, 0.15) is 6.54 Å². The molecule has 27 heavy (non-hydrogen) atoms. The van der Waals surface area contributed by atoms with Crippen molar-refractivity contribution >= 4 is 51.1 Å². The number of aliphatic carboxylic acids is 1. The van der Waals surface area contributed by atoms with E-state index < -0.39 is 22.5 Å². The van der Waals surface area contributed by atoms with Gasteiger partial charge in [0.15, 0.2) is 5.78 Å². The van der Waals surface area contributed by atoms with Crippen molar-refractivity contribution in [2.45, 2.75) is 4.90 Å². The number of nitrogens with zero attached hydrogens (tertiary/aromatic N) is 1. The van der Waals surface area contributed by atoms with Crippen molar-refractivity contribution in [2.24, 2.45) is 0 Å². The van der Waals surface area contributed by atoms with Crippen LogP contribution < -0.4 is 0 Å². The molecule has 0 saturated heterocycles. The van der Waals surface area contributed by atoms with Crippen LogP contribution in [-0.4, -0.2) is 43.2 Å². The fraction of sp³-hybridized carbons (Fsp3) is 0.111. The van der Waals surface area contributed by atoms with Gasteiger partial charge in [-0.1, -0.05) is 35.3 Å². The summed E-state index contributed by atoms with van der Waals surface area (Å²) in [5, 5.41) is 9.42. The van der Waals surface area contributed by atoms with Crippen molar-refractivity contribution in [1.29, 1.82) is 0 Å². The van der Waals surface area contributed by atoms with E-state index in [1.54, 1.807) is 18.2 Å². The number of allylic oxidation sites excluding steroid dienone is 1. The normalized spacial score (nSPS) is 11.9. The van der Waals surface area contributed by atoms with Gasteiger partial charge in [0.05, 0.1) is 14.9 Å². The predicted octanol–water partition coefficient (Wildman–Crippen LogP) is 3.59. The first kappa shape index (κ1) is 21.1. The van der Waals surface area contributed by atoms with Gasteiger partial charge in [0.25, 0.3) is 0 Å². The number of hydrogen-bond donors (Lipinski definition) is 1. The minimum absolute atomic E-state index is 0.107. The maximum absolute atomic E-state index is 12.3. The van der Waals surface area contributed by atoms with Gasteiger partial charge in [0, 0.05) is 12.6 Å². The summed E-state index contributed by atoms with van der Waals surface area (Å²) < 4.78 is 25.2. The molecule has 142 valence electrons. The van der Waals surface area contributed by atoms with E-state index in [1.165, 1.54) is 43.5 Å². The molecule has 0 atom stereocenters. The highest BCUT2D eigenvalue weighted by Crippen LogP contribution is 2.26. The highest BCUT2D eigenvalue weighted by molar-refractivity contribution is 7.89. The van der Waals surface area contributed by atoms with E-state index in [-0.39, 0.29) is 16.2 Å². The van der Waals surface area contributed by atoms with Gasteiger partial charge >= 0.3 is 5.97 Å². The molecule has 0 aliphatic rings. The van der Waals surface area contributed by atoms with E-state index in [2.05, 4.69) is 0 Å². The van der Waals surface area contributed by atoms with Crippen LogP contribution in [0.4, 0.5) is 0 Å². The molecule has 0 aliphatic heterocycles. The van der Waals surface area contributed by atoms with Gasteiger partial charge < -0.3 is 5.11 Å². The molecule has 0 heterocycles. The quantitative estimate of drug-likeness (QED) is 0.538. The molecular formula is C18H15Cl2NO5S. The zero-order valence-corrected chi connectivity index (χ0v) is 16.4. The Bertz CT molecular complexity index is 1000. The molecule has 0 aliphatic carbocycles. The van der Waals surface area contributed by atoms with E-state index in [0.29, 0.717) is 19.9 Å². The number of hydrogen-bond acceptors (Lipinski definition) is 4. The summed E-state index contributed by atoms with van der Waals surface area (Å²) in [4.78, 5) is 22.8. The molecule has 2 aromatic rings. The van der Waals surface area contributed by atoms with Crippen LogP contribution in [0.2, 0.25) is 10.0 Å². The van der Waals surface area contributed by atoms with E-state index in [0.717, 1.165) is 0 Å². The maximum atomic E-state index is 12.3. The molecule has 0 bridgehead atoms. The summed E-state index contributed by atoms with van der Waals surface area (Å²) in [5.74, 6) is -1.62. The number of halogens is 2. The molecule has 0 aromatic heterocycles. The van der Waals surface area contributed by atoms with Gasteiger partial charge in [0.2, 0.25) is 10.0 Å². The SMILES string of the molecule is CN(CC(=O)O)S(=O)(=O)c1ccc(C(=O)/C=C/c2cccc(Cl)c2Cl)cc1. The van der Waals surface area contributed by atoms with Crippen LogP contribution in [0.15, 0.2) is 53.4 Å². The molecule has 1 N–H and O–H groups in total. The van der Waals surface area contributed by atoms with Crippen molar-refractivity contribution in [3.63, 3.8) is 0 Å². The van der Waals surface area contributed by atoms with Crippen molar-refractivity contribution in [3.05, 3.63) is 69.7 Å². The Balaban J connectivity index is 2.19. The van der Waals surface area contributed by atoms with Gasteiger partial charge in [-0.25, -0.2) is 8.42 Å². The maximum Gasteiger partial charge on any atom is 0.318 e. The Morgan fingerprint density at radius 2 is 1.74 bits per heavy atom. The Labute approximate surface area is 166 Å². The van der Waals surface area contributed by atoms with Crippen molar-refractivity contribution < 1.29 is 23.1 Å². The smallest absolute Gasteiger partial charge is 0.318 e. The van der Waals surface area contributed by atoms with Crippen LogP contribution in [0.1, 0.15) is 15.9 Å². The molecule has 0 amide bonds. The molecule has 0 radical (unpaired) electrons. The number of benzene rings is 2. The number of carbonyl (C=O) groups excluding carboxylic acids is 1. The minimum atomic E-state index is -3.95. The number of likely N-dealkylation sites (N-methyl/N-ethyl adjacent to an activating group) is 1. The monoisotopic (exact) mass is 427 g/mol. The largest absolute Gasteiger partial charge is 0.480 e. The lowest BCUT2D eigenvalue weighted by atomic mass is 10.1. The molecule has 0 spiro atoms. The standard InChI is InChI=1S/C18H15Cl2NO5S/c1-21(11-17(23)24)27(25,26)14-8-5-12(6-9-14)16(22)10-7-13-3-2-4-15(19)18(13)20/h2-10H,11H2,1H3,(H,23,24)/b10-7+. The molecule has 9 heteroatoms. The van der Waals surface area contributed by atoms with E-state index >= 15 is 0 Å². The number of carbonyl (C=O) groups is 2. The first-order chi connectivity index (χ1) is 12.6. The van der Waals surface area contributed by atoms with Gasteiger partial charge in [-0.2, -0.15) is 4.31 Å². The van der Waals surface area contributed by atoms with Crippen molar-refractivity contribution in [1.82, 2.24) is 4.31 Å². The van der Waals surface area contributed by atoms with Crippen molar-refractivity contribution in [3.8, 4) is 0 Å². The van der Waals surface area contributed by atoms with Crippen LogP contribution >= 0.6 is 23.2 Å². The second-order valence-corrected chi connectivity index (χ2v) is 8.35. The molecule has 0 unspecified atom stereocenters. The Hall–Kier alpha value is -2.19. The predicted molar refractivity (Wildman–Crippen MR) is 104 cm³/mol. The van der Waals surface area contributed by atoms with Crippen LogP contribution in [0.25, 0.3) is 6.08 Å². The van der Waals surface area contributed by atoms with Crippen LogP contribution in [0.3, 0.4) is 0 Å². The van der Waals surface area contributed by atoms with E-state index in [9.17, 15) is 18.0 Å². The average molecular weight is 428 g/mol. The highest BCUT2D eigenvalue weighted by atomic mass is 35.5. The topological polar surface area (TPSA) is 91.8 Å². The third-order valence-corrected chi connectivity index (χ3v) is 6.25. The molecular weight excluding hydrogens is 413 g/mol. The fourth-order valence-electron chi connectivity index (χ4n) is 2.16. The third kappa shape index (κ3) is 5.17. The minimum Gasteiger partial charge on any atom is -0.480 e. The summed E-state index contributed by atoms with van der Waals surface area (Å²) in [7, 11) is -2.78. The fourth-order valence-corrected chi connectivity index (χ4v) is 3.65. The molecule has 0 fully saturated rings. The second kappa shape index (κ2) is 8.67. The average Bonchev–Trinajstić information content (AvgIpc) is 2.62. The zero-order valence-electron chi connectivity index (χ0n) is 14.1. The summed E-state index contributed by atoms with van der Waals surface area (Å²) in [6.45, 7) is -0.661. The molecule has 6 nitrogen and oxygen atoms in total. The molecule has 0 saturated carbocycles. The van der Waals surface area contributed by atoms with Crippen LogP contribution in [0, 0.1) is 0 Å². The Kier molecular flexibility index (Phi) is 6.78. The zero-order chi connectivity index (χ0) is 20.2. The van der Waals surface area contributed by atoms with E-state index in [1.807, 2.05) is 0 Å². The van der Waals surface area contributed by atoms with Gasteiger partial charge in [-0.3, -0.25) is 9.59 Å². The summed E-state index contributed by atoms with van der Waals surface area (Å²) >= 11 is 12.0. The second-order valence-electron chi connectivity index (χ2n) is 5.52. The number of carboxylic acids is 1.